The summed E-state index contributed by atoms with van der Waals surface area (Å²) in [7, 11) is -16.6. The van der Waals surface area contributed by atoms with E-state index in [0.717, 1.165) is 96.3 Å². The third-order valence-electron chi connectivity index (χ3n) is 11.0. The van der Waals surface area contributed by atoms with Crippen molar-refractivity contribution >= 4 is 41.2 Å². The van der Waals surface area contributed by atoms with E-state index in [1.54, 1.807) is 0 Å². The number of carbonyl (C=O) groups excluding carboxylic acids is 3. The molecule has 0 bridgehead atoms. The van der Waals surface area contributed by atoms with Gasteiger partial charge in [0.15, 0.2) is 6.10 Å². The third kappa shape index (κ3) is 31.6. The summed E-state index contributed by atoms with van der Waals surface area (Å²) in [6.07, 6.45) is 9.61. The first-order valence-electron chi connectivity index (χ1n) is 23.7. The summed E-state index contributed by atoms with van der Waals surface area (Å²) < 4.78 is 65.4. The van der Waals surface area contributed by atoms with Gasteiger partial charge in [-0.15, -0.1) is 0 Å². The van der Waals surface area contributed by atoms with Gasteiger partial charge in [-0.25, -0.2) is 13.7 Å². The molecule has 1 rings (SSSR count). The molecule has 20 nitrogen and oxygen atoms in total. The minimum absolute atomic E-state index is 0.0136. The molecule has 1 aliphatic carbocycles. The number of rotatable bonds is 41. The van der Waals surface area contributed by atoms with Crippen molar-refractivity contribution in [2.45, 2.75) is 236 Å². The lowest BCUT2D eigenvalue weighted by Gasteiger charge is -2.44. The standard InChI is InChI=1S/C42H81O20P3/c1-3-5-6-7-8-9-10-11-12-17-20-23-26-30-36(45)59-34(31-57-35(44)29-25-22-19-16-14-13-15-18-21-24-28-33(43)27-4-2)32-58-65(55,56)62-42-38(47)40(60-63(49,50)51)37(46)41(39(42)48)61-64(52,53)54/h34,37-42,46-48H,3-32H2,1-2H3,(H,55,56)(H2,49,50,51)(H2,52,53,54)/t34-,37?,38-,39?,40-,41+,42?/m1/s1. The zero-order valence-corrected chi connectivity index (χ0v) is 41.3. The van der Waals surface area contributed by atoms with Gasteiger partial charge in [-0.3, -0.25) is 32.5 Å². The quantitative estimate of drug-likeness (QED) is 0.0167. The average Bonchev–Trinajstić information content (AvgIpc) is 3.22. The minimum Gasteiger partial charge on any atom is -0.462 e. The Morgan fingerprint density at radius 2 is 0.800 bits per heavy atom. The molecule has 0 saturated heterocycles. The van der Waals surface area contributed by atoms with Gasteiger partial charge in [-0.05, 0) is 25.7 Å². The molecule has 4 unspecified atom stereocenters. The maximum absolute atomic E-state index is 13.1. The molecule has 0 amide bonds. The van der Waals surface area contributed by atoms with E-state index in [9.17, 15) is 67.9 Å². The van der Waals surface area contributed by atoms with Crippen LogP contribution in [0.5, 0.6) is 0 Å². The number of ketones is 1. The van der Waals surface area contributed by atoms with Gasteiger partial charge >= 0.3 is 35.4 Å². The highest BCUT2D eigenvalue weighted by Gasteiger charge is 2.56. The Bertz CT molecular complexity index is 1400. The Kier molecular flexibility index (Phi) is 33.3. The predicted octanol–water partition coefficient (Wildman–Crippen LogP) is 7.53. The van der Waals surface area contributed by atoms with Crippen LogP contribution in [0.3, 0.4) is 0 Å². The summed E-state index contributed by atoms with van der Waals surface area (Å²) in [5, 5.41) is 31.8. The van der Waals surface area contributed by atoms with E-state index in [-0.39, 0.29) is 12.8 Å². The summed E-state index contributed by atoms with van der Waals surface area (Å²) >= 11 is 0. The predicted molar refractivity (Wildman–Crippen MR) is 239 cm³/mol. The number of carbonyl (C=O) groups is 3. The summed E-state index contributed by atoms with van der Waals surface area (Å²) in [4.78, 5) is 84.8. The molecule has 0 heterocycles. The van der Waals surface area contributed by atoms with Crippen molar-refractivity contribution in [1.82, 2.24) is 0 Å². The summed E-state index contributed by atoms with van der Waals surface area (Å²) in [6, 6.07) is 0. The van der Waals surface area contributed by atoms with Crippen molar-refractivity contribution in [3.05, 3.63) is 0 Å². The molecule has 8 atom stereocenters. The Labute approximate surface area is 385 Å². The number of hydrogen-bond acceptors (Lipinski definition) is 15. The maximum atomic E-state index is 13.1. The highest BCUT2D eigenvalue weighted by Crippen LogP contribution is 2.51. The van der Waals surface area contributed by atoms with Crippen molar-refractivity contribution < 1.29 is 95.4 Å². The van der Waals surface area contributed by atoms with Crippen LogP contribution in [0.4, 0.5) is 0 Å². The molecule has 0 aromatic heterocycles. The van der Waals surface area contributed by atoms with Gasteiger partial charge in [-0.2, -0.15) is 0 Å². The third-order valence-corrected chi connectivity index (χ3v) is 13.1. The highest BCUT2D eigenvalue weighted by atomic mass is 31.2. The summed E-state index contributed by atoms with van der Waals surface area (Å²) in [5.74, 6) is -1.00. The van der Waals surface area contributed by atoms with Crippen LogP contribution in [0, 0.1) is 0 Å². The molecule has 23 heteroatoms. The SMILES string of the molecule is CCCCCCCCCCCCCCCC(=O)O[C@H](COC(=O)CCCCCCCCCCCCC(=O)CCC)COP(=O)(O)OC1C(O)[C@@H](OP(=O)(O)O)C(O)[C@@H](OP(=O)(O)O)[C@H]1O. The molecular formula is C42H81O20P3. The number of Topliss-reactive ketones (excluding diaryl/α,β-unsaturated/α-hetero) is 1. The van der Waals surface area contributed by atoms with Crippen molar-refractivity contribution in [2.24, 2.45) is 0 Å². The molecule has 0 spiro atoms. The van der Waals surface area contributed by atoms with Crippen LogP contribution < -0.4 is 0 Å². The molecule has 8 N–H and O–H groups in total. The zero-order valence-electron chi connectivity index (χ0n) is 38.6. The Morgan fingerprint density at radius 1 is 0.446 bits per heavy atom. The lowest BCUT2D eigenvalue weighted by atomic mass is 9.85. The lowest BCUT2D eigenvalue weighted by Crippen LogP contribution is -2.65. The number of aliphatic hydroxyl groups is 3. The number of unbranched alkanes of at least 4 members (excludes halogenated alkanes) is 21. The van der Waals surface area contributed by atoms with Crippen molar-refractivity contribution in [2.75, 3.05) is 13.2 Å². The second kappa shape index (κ2) is 35.0. The van der Waals surface area contributed by atoms with E-state index in [2.05, 4.69) is 16.0 Å². The smallest absolute Gasteiger partial charge is 0.462 e. The average molecular weight is 999 g/mol. The van der Waals surface area contributed by atoms with Gasteiger partial charge in [0.25, 0.3) is 0 Å². The molecule has 1 saturated carbocycles. The van der Waals surface area contributed by atoms with Gasteiger partial charge in [0.05, 0.1) is 6.61 Å². The van der Waals surface area contributed by atoms with Crippen LogP contribution in [0.25, 0.3) is 0 Å². The van der Waals surface area contributed by atoms with E-state index in [1.165, 1.54) is 44.9 Å². The van der Waals surface area contributed by atoms with E-state index < -0.39 is 91.3 Å². The zero-order chi connectivity index (χ0) is 48.7. The summed E-state index contributed by atoms with van der Waals surface area (Å²) in [5.41, 5.74) is 0. The largest absolute Gasteiger partial charge is 0.472 e. The second-order valence-corrected chi connectivity index (χ2v) is 20.8. The number of phosphoric acid groups is 3. The van der Waals surface area contributed by atoms with E-state index in [4.69, 9.17) is 18.5 Å². The van der Waals surface area contributed by atoms with Crippen LogP contribution in [0.1, 0.15) is 194 Å². The molecule has 0 aliphatic heterocycles. The number of ether oxygens (including phenoxy) is 2. The minimum atomic E-state index is -5.55. The fourth-order valence-electron chi connectivity index (χ4n) is 7.54. The monoisotopic (exact) mass is 998 g/mol. The summed E-state index contributed by atoms with van der Waals surface area (Å²) in [6.45, 7) is 2.68. The molecule has 65 heavy (non-hydrogen) atoms. The Balaban J connectivity index is 2.74. The van der Waals surface area contributed by atoms with E-state index >= 15 is 0 Å². The van der Waals surface area contributed by atoms with Crippen LogP contribution in [-0.2, 0) is 55.6 Å². The molecule has 0 radical (unpaired) electrons. The number of phosphoric ester groups is 3. The van der Waals surface area contributed by atoms with Crippen LogP contribution >= 0.6 is 23.5 Å². The van der Waals surface area contributed by atoms with Gasteiger partial charge in [0.1, 0.15) is 49.0 Å². The lowest BCUT2D eigenvalue weighted by molar-refractivity contribution is -0.213. The van der Waals surface area contributed by atoms with Crippen LogP contribution in [0.15, 0.2) is 0 Å². The molecular weight excluding hydrogens is 917 g/mol. The molecule has 1 fully saturated rings. The molecule has 1 aliphatic rings. The first-order chi connectivity index (χ1) is 30.7. The Hall–Kier alpha value is -1.18. The topological polar surface area (TPSA) is 320 Å². The van der Waals surface area contributed by atoms with Gasteiger partial charge in [-0.1, -0.05) is 142 Å². The fourth-order valence-corrected chi connectivity index (χ4v) is 9.64. The number of hydrogen-bond donors (Lipinski definition) is 8. The van der Waals surface area contributed by atoms with Crippen molar-refractivity contribution in [3.63, 3.8) is 0 Å². The van der Waals surface area contributed by atoms with E-state index in [1.807, 2.05) is 6.92 Å². The van der Waals surface area contributed by atoms with Gasteiger partial charge in [0, 0.05) is 25.7 Å². The highest BCUT2D eigenvalue weighted by molar-refractivity contribution is 7.47. The number of aliphatic hydroxyl groups excluding tert-OH is 3. The van der Waals surface area contributed by atoms with Gasteiger partial charge in [0.2, 0.25) is 0 Å². The Morgan fingerprint density at radius 3 is 1.18 bits per heavy atom. The molecule has 384 valence electrons. The second-order valence-electron chi connectivity index (χ2n) is 17.0. The van der Waals surface area contributed by atoms with Gasteiger partial charge < -0.3 is 49.3 Å². The molecule has 0 aromatic carbocycles. The maximum Gasteiger partial charge on any atom is 0.472 e. The van der Waals surface area contributed by atoms with Crippen molar-refractivity contribution in [3.8, 4) is 0 Å². The molecule has 0 aromatic rings. The fraction of sp³-hybridized carbons (Fsp3) is 0.929. The normalized spacial score (nSPS) is 21.8. The van der Waals surface area contributed by atoms with Crippen molar-refractivity contribution in [1.29, 1.82) is 0 Å². The number of esters is 2. The van der Waals surface area contributed by atoms with Crippen LogP contribution in [-0.4, -0.2) is 113 Å². The first kappa shape index (κ1) is 61.8. The first-order valence-corrected chi connectivity index (χ1v) is 28.3. The van der Waals surface area contributed by atoms with Crippen LogP contribution in [0.2, 0.25) is 0 Å². The van der Waals surface area contributed by atoms with E-state index in [0.29, 0.717) is 31.5 Å².